The zero-order valence-corrected chi connectivity index (χ0v) is 14.4. The second-order valence-corrected chi connectivity index (χ2v) is 6.46. The van der Waals surface area contributed by atoms with Crippen molar-refractivity contribution in [1.29, 1.82) is 0 Å². The van der Waals surface area contributed by atoms with Crippen molar-refractivity contribution in [2.75, 3.05) is 0 Å². The maximum Gasteiger partial charge on any atom is 0.142 e. The first-order valence-corrected chi connectivity index (χ1v) is 8.79. The van der Waals surface area contributed by atoms with Crippen molar-refractivity contribution in [2.24, 2.45) is 4.99 Å². The Morgan fingerprint density at radius 1 is 1.41 bits per heavy atom. The molecule has 0 radical (unpaired) electrons. The lowest BCUT2D eigenvalue weighted by Gasteiger charge is -2.12. The lowest BCUT2D eigenvalue weighted by Crippen LogP contribution is -2.04. The molecule has 2 aromatic rings. The third-order valence-corrected chi connectivity index (χ3v) is 4.70. The molecule has 0 bridgehead atoms. The molecule has 0 aliphatic carbocycles. The molecule has 0 saturated carbocycles. The van der Waals surface area contributed by atoms with Crippen molar-refractivity contribution < 1.29 is 4.39 Å². The molecule has 0 fully saturated rings. The van der Waals surface area contributed by atoms with Crippen molar-refractivity contribution in [2.45, 2.75) is 45.6 Å². The molecule has 0 aliphatic heterocycles. The Morgan fingerprint density at radius 3 is 2.91 bits per heavy atom. The summed E-state index contributed by atoms with van der Waals surface area (Å²) in [6, 6.07) is 4.67. The monoisotopic (exact) mass is 338 g/mol. The van der Waals surface area contributed by atoms with Gasteiger partial charge in [-0.2, -0.15) is 0 Å². The van der Waals surface area contributed by atoms with E-state index in [0.717, 1.165) is 30.0 Å². The van der Waals surface area contributed by atoms with Crippen LogP contribution in [0.5, 0.6) is 0 Å². The maximum atomic E-state index is 13.6. The van der Waals surface area contributed by atoms with Crippen LogP contribution in [0, 0.1) is 5.82 Å². The van der Waals surface area contributed by atoms with E-state index in [-0.39, 0.29) is 11.1 Å². The van der Waals surface area contributed by atoms with Crippen LogP contribution in [0.3, 0.4) is 0 Å². The molecule has 0 amide bonds. The van der Waals surface area contributed by atoms with E-state index < -0.39 is 5.82 Å². The predicted octanol–water partition coefficient (Wildman–Crippen LogP) is 6.07. The van der Waals surface area contributed by atoms with Gasteiger partial charge >= 0.3 is 0 Å². The highest BCUT2D eigenvalue weighted by Gasteiger charge is 2.14. The van der Waals surface area contributed by atoms with E-state index in [0.29, 0.717) is 5.56 Å². The maximum absolute atomic E-state index is 13.6. The van der Waals surface area contributed by atoms with E-state index in [1.54, 1.807) is 23.6 Å². The minimum absolute atomic E-state index is 0.158. The smallest absolute Gasteiger partial charge is 0.142 e. The Balaban J connectivity index is 2.25. The second-order valence-electron chi connectivity index (χ2n) is 5.19. The Hall–Kier alpha value is -1.26. The number of halogens is 2. The van der Waals surface area contributed by atoms with Gasteiger partial charge in [0.15, 0.2) is 0 Å². The van der Waals surface area contributed by atoms with Crippen LogP contribution >= 0.6 is 22.9 Å². The van der Waals surface area contributed by atoms with Gasteiger partial charge in [0, 0.05) is 11.6 Å². The third kappa shape index (κ3) is 4.37. The SMILES string of the molecule is CCCCC/C(=N\[C@H](C)c1cccc(F)c1Cl)c1nccs1. The molecule has 118 valence electrons. The molecule has 22 heavy (non-hydrogen) atoms. The molecule has 1 aromatic carbocycles. The number of hydrogen-bond acceptors (Lipinski definition) is 3. The Labute approximate surface area is 140 Å². The molecule has 2 rings (SSSR count). The minimum atomic E-state index is -0.400. The van der Waals surface area contributed by atoms with Crippen LogP contribution < -0.4 is 0 Å². The largest absolute Gasteiger partial charge is 0.279 e. The summed E-state index contributed by atoms with van der Waals surface area (Å²) in [5.41, 5.74) is 1.70. The molecular weight excluding hydrogens is 319 g/mol. The standard InChI is InChI=1S/C17H20ClFN2S/c1-3-4-5-9-15(17-20-10-11-22-17)21-12(2)13-7-6-8-14(19)16(13)18/h6-8,10-12H,3-5,9H2,1-2H3/b21-15+/t12-/m1/s1. The first-order chi connectivity index (χ1) is 10.6. The van der Waals surface area contributed by atoms with Crippen LogP contribution in [0.25, 0.3) is 0 Å². The molecule has 0 unspecified atom stereocenters. The Morgan fingerprint density at radius 2 is 2.23 bits per heavy atom. The quantitative estimate of drug-likeness (QED) is 0.444. The molecule has 1 heterocycles. The summed E-state index contributed by atoms with van der Waals surface area (Å²) in [5.74, 6) is -0.400. The highest BCUT2D eigenvalue weighted by atomic mass is 35.5. The van der Waals surface area contributed by atoms with Crippen LogP contribution in [-0.4, -0.2) is 10.7 Å². The van der Waals surface area contributed by atoms with Crippen LogP contribution in [-0.2, 0) is 0 Å². The summed E-state index contributed by atoms with van der Waals surface area (Å²) < 4.78 is 13.6. The number of thiazole rings is 1. The zero-order chi connectivity index (χ0) is 15.9. The van der Waals surface area contributed by atoms with Gasteiger partial charge in [-0.05, 0) is 31.4 Å². The summed E-state index contributed by atoms with van der Waals surface area (Å²) in [6.07, 6.45) is 6.09. The number of unbranched alkanes of at least 4 members (excludes halogenated alkanes) is 2. The van der Waals surface area contributed by atoms with Gasteiger partial charge in [-0.15, -0.1) is 11.3 Å². The molecular formula is C17H20ClFN2S. The Kier molecular flexibility index (Phi) is 6.52. The van der Waals surface area contributed by atoms with Crippen LogP contribution in [0.2, 0.25) is 5.02 Å². The van der Waals surface area contributed by atoms with Crippen molar-refractivity contribution in [1.82, 2.24) is 4.98 Å². The van der Waals surface area contributed by atoms with Crippen molar-refractivity contribution in [3.05, 3.63) is 51.2 Å². The molecule has 0 spiro atoms. The van der Waals surface area contributed by atoms with Crippen molar-refractivity contribution >= 4 is 28.6 Å². The van der Waals surface area contributed by atoms with Gasteiger partial charge in [-0.1, -0.05) is 43.5 Å². The molecule has 0 aliphatic rings. The van der Waals surface area contributed by atoms with Gasteiger partial charge in [0.1, 0.15) is 10.8 Å². The molecule has 5 heteroatoms. The second kappa shape index (κ2) is 8.39. The average molecular weight is 339 g/mol. The molecule has 1 aromatic heterocycles. The first kappa shape index (κ1) is 17.1. The van der Waals surface area contributed by atoms with Crippen LogP contribution in [0.15, 0.2) is 34.8 Å². The van der Waals surface area contributed by atoms with E-state index in [9.17, 15) is 4.39 Å². The molecule has 1 atom stereocenters. The molecule has 0 N–H and O–H groups in total. The number of rotatable bonds is 7. The van der Waals surface area contributed by atoms with E-state index >= 15 is 0 Å². The van der Waals surface area contributed by atoms with Gasteiger partial charge in [-0.3, -0.25) is 4.99 Å². The van der Waals surface area contributed by atoms with Crippen LogP contribution in [0.1, 0.15) is 56.1 Å². The van der Waals surface area contributed by atoms with E-state index in [1.165, 1.54) is 12.5 Å². The summed E-state index contributed by atoms with van der Waals surface area (Å²) >= 11 is 7.65. The fourth-order valence-corrected chi connectivity index (χ4v) is 3.23. The lowest BCUT2D eigenvalue weighted by atomic mass is 10.1. The average Bonchev–Trinajstić information content (AvgIpc) is 3.03. The first-order valence-electron chi connectivity index (χ1n) is 7.54. The molecule has 0 saturated heterocycles. The van der Waals surface area contributed by atoms with Gasteiger partial charge in [0.05, 0.1) is 16.8 Å². The number of benzene rings is 1. The lowest BCUT2D eigenvalue weighted by molar-refractivity contribution is 0.623. The van der Waals surface area contributed by atoms with Gasteiger partial charge in [0.25, 0.3) is 0 Å². The van der Waals surface area contributed by atoms with Crippen molar-refractivity contribution in [3.8, 4) is 0 Å². The predicted molar refractivity (Wildman–Crippen MR) is 92.6 cm³/mol. The summed E-state index contributed by atoms with van der Waals surface area (Å²) in [6.45, 7) is 4.11. The minimum Gasteiger partial charge on any atom is -0.279 e. The number of hydrogen-bond donors (Lipinski definition) is 0. The highest BCUT2D eigenvalue weighted by molar-refractivity contribution is 7.11. The van der Waals surface area contributed by atoms with E-state index in [4.69, 9.17) is 16.6 Å². The fraction of sp³-hybridized carbons (Fsp3) is 0.412. The number of nitrogens with zero attached hydrogens (tertiary/aromatic N) is 2. The normalized spacial score (nSPS) is 13.4. The van der Waals surface area contributed by atoms with E-state index in [2.05, 4.69) is 11.9 Å². The third-order valence-electron chi connectivity index (χ3n) is 3.48. The van der Waals surface area contributed by atoms with Gasteiger partial charge in [-0.25, -0.2) is 9.37 Å². The fourth-order valence-electron chi connectivity index (χ4n) is 2.28. The molecule has 2 nitrogen and oxygen atoms in total. The van der Waals surface area contributed by atoms with Crippen molar-refractivity contribution in [3.63, 3.8) is 0 Å². The van der Waals surface area contributed by atoms with Gasteiger partial charge < -0.3 is 0 Å². The summed E-state index contributed by atoms with van der Waals surface area (Å²) in [4.78, 5) is 9.14. The number of aromatic nitrogens is 1. The Bertz CT molecular complexity index is 626. The van der Waals surface area contributed by atoms with E-state index in [1.807, 2.05) is 18.4 Å². The summed E-state index contributed by atoms with van der Waals surface area (Å²) in [5, 5.41) is 3.05. The highest BCUT2D eigenvalue weighted by Crippen LogP contribution is 2.28. The van der Waals surface area contributed by atoms with Gasteiger partial charge in [0.2, 0.25) is 0 Å². The summed E-state index contributed by atoms with van der Waals surface area (Å²) in [7, 11) is 0. The topological polar surface area (TPSA) is 25.2 Å². The van der Waals surface area contributed by atoms with Crippen LogP contribution in [0.4, 0.5) is 4.39 Å². The zero-order valence-electron chi connectivity index (χ0n) is 12.9. The number of aliphatic imine (C=N–C) groups is 1.